The molecule has 0 unspecified atom stereocenters. The van der Waals surface area contributed by atoms with E-state index >= 15 is 0 Å². The molecule has 0 N–H and O–H groups in total. The van der Waals surface area contributed by atoms with Crippen LogP contribution in [0, 0.1) is 0 Å². The molecule has 4 aromatic rings. The zero-order chi connectivity index (χ0) is 25.7. The summed E-state index contributed by atoms with van der Waals surface area (Å²) in [4.78, 5) is 12.6. The summed E-state index contributed by atoms with van der Waals surface area (Å²) < 4.78 is 11.4. The summed E-state index contributed by atoms with van der Waals surface area (Å²) in [6.45, 7) is 2.27. The highest BCUT2D eigenvalue weighted by Crippen LogP contribution is 2.27. The van der Waals surface area contributed by atoms with E-state index in [4.69, 9.17) is 8.83 Å². The first-order valence-corrected chi connectivity index (χ1v) is 14.2. The van der Waals surface area contributed by atoms with Gasteiger partial charge < -0.3 is 8.83 Å². The first-order chi connectivity index (χ1) is 18.3. The summed E-state index contributed by atoms with van der Waals surface area (Å²) >= 11 is 0. The smallest absolute Gasteiger partial charge is 0.349 e. The first-order valence-electron chi connectivity index (χ1n) is 14.2. The van der Waals surface area contributed by atoms with Crippen molar-refractivity contribution in [1.29, 1.82) is 0 Å². The Bertz CT molecular complexity index is 1330. The highest BCUT2D eigenvalue weighted by Gasteiger charge is 2.16. The molecule has 0 fully saturated rings. The van der Waals surface area contributed by atoms with Crippen LogP contribution in [0.4, 0.5) is 0 Å². The molecular formula is C32H40N2O3. The van der Waals surface area contributed by atoms with E-state index in [0.29, 0.717) is 17.0 Å². The molecule has 0 bridgehead atoms. The second-order valence-electron chi connectivity index (χ2n) is 9.98. The van der Waals surface area contributed by atoms with E-state index in [-0.39, 0.29) is 5.89 Å². The fourth-order valence-electron chi connectivity index (χ4n) is 4.83. The van der Waals surface area contributed by atoms with Crippen molar-refractivity contribution in [3.8, 4) is 11.5 Å². The minimum atomic E-state index is -0.459. The second-order valence-corrected chi connectivity index (χ2v) is 9.98. The molecule has 2 aromatic heterocycles. The van der Waals surface area contributed by atoms with Crippen molar-refractivity contribution < 1.29 is 8.83 Å². The highest BCUT2D eigenvalue weighted by atomic mass is 16.4. The van der Waals surface area contributed by atoms with E-state index in [0.717, 1.165) is 35.4 Å². The Hall–Kier alpha value is -3.21. The molecule has 5 heteroatoms. The number of rotatable bonds is 16. The van der Waals surface area contributed by atoms with Crippen molar-refractivity contribution in [2.45, 2.75) is 96.8 Å². The van der Waals surface area contributed by atoms with Gasteiger partial charge in [0.05, 0.1) is 0 Å². The number of hydrogen-bond acceptors (Lipinski definition) is 5. The molecule has 0 amide bonds. The Labute approximate surface area is 220 Å². The number of allylic oxidation sites excluding steroid dienone is 2. The van der Waals surface area contributed by atoms with Crippen molar-refractivity contribution in [2.75, 3.05) is 0 Å². The number of unbranched alkanes of at least 4 members (excludes halogenated alkanes) is 11. The molecule has 4 rings (SSSR count). The van der Waals surface area contributed by atoms with Gasteiger partial charge in [0.25, 0.3) is 5.89 Å². The molecule has 0 saturated heterocycles. The lowest BCUT2D eigenvalue weighted by Crippen LogP contribution is -2.03. The summed E-state index contributed by atoms with van der Waals surface area (Å²) in [7, 11) is 0. The Morgan fingerprint density at radius 3 is 2.22 bits per heavy atom. The Morgan fingerprint density at radius 1 is 0.730 bits per heavy atom. The number of nitrogens with zero attached hydrogens (tertiary/aromatic N) is 2. The Balaban J connectivity index is 1.17. The van der Waals surface area contributed by atoms with E-state index in [1.54, 1.807) is 0 Å². The zero-order valence-electron chi connectivity index (χ0n) is 22.2. The van der Waals surface area contributed by atoms with Crippen molar-refractivity contribution >= 4 is 21.7 Å². The van der Waals surface area contributed by atoms with Gasteiger partial charge in [-0.25, -0.2) is 4.79 Å². The van der Waals surface area contributed by atoms with Crippen LogP contribution in [0.1, 0.15) is 96.3 Å². The third-order valence-electron chi connectivity index (χ3n) is 6.99. The zero-order valence-corrected chi connectivity index (χ0v) is 22.2. The molecule has 196 valence electrons. The van der Waals surface area contributed by atoms with Gasteiger partial charge in [-0.3, -0.25) is 0 Å². The lowest BCUT2D eigenvalue weighted by molar-refractivity contribution is 0.483. The number of fused-ring (bicyclic) bond motifs is 3. The monoisotopic (exact) mass is 500 g/mol. The third-order valence-corrected chi connectivity index (χ3v) is 6.99. The summed E-state index contributed by atoms with van der Waals surface area (Å²) in [6.07, 6.45) is 21.9. The fourth-order valence-corrected chi connectivity index (χ4v) is 4.83. The summed E-state index contributed by atoms with van der Waals surface area (Å²) in [6, 6.07) is 13.6. The van der Waals surface area contributed by atoms with Gasteiger partial charge in [0.1, 0.15) is 11.1 Å². The van der Waals surface area contributed by atoms with Gasteiger partial charge in [0.2, 0.25) is 5.89 Å². The number of aromatic nitrogens is 2. The van der Waals surface area contributed by atoms with E-state index in [2.05, 4.69) is 29.3 Å². The summed E-state index contributed by atoms with van der Waals surface area (Å²) in [5.41, 5.74) is 0.409. The van der Waals surface area contributed by atoms with Crippen molar-refractivity contribution in [2.24, 2.45) is 0 Å². The molecular weight excluding hydrogens is 460 g/mol. The van der Waals surface area contributed by atoms with E-state index in [1.807, 2.05) is 42.5 Å². The molecule has 0 aliphatic heterocycles. The normalized spacial score (nSPS) is 11.8. The van der Waals surface area contributed by atoms with Gasteiger partial charge in [-0.05, 0) is 55.0 Å². The number of benzene rings is 2. The molecule has 0 radical (unpaired) electrons. The highest BCUT2D eigenvalue weighted by molar-refractivity contribution is 6.06. The molecule has 0 aliphatic rings. The molecule has 0 spiro atoms. The summed E-state index contributed by atoms with van der Waals surface area (Å²) in [5, 5.41) is 11.3. The molecule has 0 saturated carbocycles. The van der Waals surface area contributed by atoms with Crippen LogP contribution in [0.3, 0.4) is 0 Å². The predicted molar refractivity (Wildman–Crippen MR) is 152 cm³/mol. The van der Waals surface area contributed by atoms with Crippen LogP contribution >= 0.6 is 0 Å². The second kappa shape index (κ2) is 14.5. The average Bonchev–Trinajstić information content (AvgIpc) is 3.39. The minimum Gasteiger partial charge on any atom is -0.422 e. The van der Waals surface area contributed by atoms with Crippen LogP contribution < -0.4 is 5.63 Å². The van der Waals surface area contributed by atoms with Crippen molar-refractivity contribution in [3.63, 3.8) is 0 Å². The van der Waals surface area contributed by atoms with Crippen LogP contribution in [-0.2, 0) is 6.42 Å². The van der Waals surface area contributed by atoms with E-state index < -0.39 is 5.63 Å². The molecule has 2 aromatic carbocycles. The summed E-state index contributed by atoms with van der Waals surface area (Å²) in [5.74, 6) is 0.802. The molecule has 5 nitrogen and oxygen atoms in total. The van der Waals surface area contributed by atoms with Crippen LogP contribution in [0.25, 0.3) is 33.2 Å². The molecule has 0 aliphatic carbocycles. The lowest BCUT2D eigenvalue weighted by Gasteiger charge is -2.03. The van der Waals surface area contributed by atoms with Crippen LogP contribution in [0.5, 0.6) is 0 Å². The van der Waals surface area contributed by atoms with Crippen LogP contribution in [0.2, 0.25) is 0 Å². The Morgan fingerprint density at radius 2 is 1.43 bits per heavy atom. The largest absolute Gasteiger partial charge is 0.422 e. The van der Waals surface area contributed by atoms with Crippen LogP contribution in [0.15, 0.2) is 68.2 Å². The minimum absolute atomic E-state index is 0.228. The lowest BCUT2D eigenvalue weighted by atomic mass is 10.0. The van der Waals surface area contributed by atoms with Gasteiger partial charge in [0.15, 0.2) is 0 Å². The van der Waals surface area contributed by atoms with Gasteiger partial charge in [0, 0.05) is 11.8 Å². The van der Waals surface area contributed by atoms with Crippen molar-refractivity contribution in [1.82, 2.24) is 10.2 Å². The maximum absolute atomic E-state index is 12.6. The maximum atomic E-state index is 12.6. The fraction of sp³-hybridized carbons (Fsp3) is 0.469. The Kier molecular flexibility index (Phi) is 10.5. The molecule has 0 atom stereocenters. The van der Waals surface area contributed by atoms with Gasteiger partial charge in [-0.15, -0.1) is 10.2 Å². The van der Waals surface area contributed by atoms with Crippen molar-refractivity contribution in [3.05, 3.63) is 70.9 Å². The topological polar surface area (TPSA) is 69.1 Å². The third kappa shape index (κ3) is 7.88. The van der Waals surface area contributed by atoms with Crippen LogP contribution in [-0.4, -0.2) is 10.2 Å². The average molecular weight is 501 g/mol. The SMILES string of the molecule is CCCCCCCC/C=C/CCCCCCCc1nnc(-c2cc3c(ccc4ccccc43)oc2=O)o1. The van der Waals surface area contributed by atoms with Gasteiger partial charge in [-0.2, -0.15) is 0 Å². The quantitative estimate of drug-likeness (QED) is 0.0663. The van der Waals surface area contributed by atoms with E-state index in [9.17, 15) is 4.79 Å². The number of hydrogen-bond donors (Lipinski definition) is 0. The molecule has 2 heterocycles. The predicted octanol–water partition coefficient (Wildman–Crippen LogP) is 9.19. The van der Waals surface area contributed by atoms with E-state index in [1.165, 1.54) is 70.6 Å². The van der Waals surface area contributed by atoms with Gasteiger partial charge >= 0.3 is 5.63 Å². The maximum Gasteiger partial charge on any atom is 0.349 e. The molecule has 37 heavy (non-hydrogen) atoms. The standard InChI is InChI=1S/C32H40N2O3/c1-2-3-4-5-6-7-8-9-10-11-12-13-14-15-16-21-30-33-34-31(37-30)28-24-27-26-20-18-17-19-25(26)22-23-29(27)36-32(28)35/h9-10,17-20,22-24H,2-8,11-16,21H2,1H3/b10-9+. The first kappa shape index (κ1) is 26.8. The number of aryl methyl sites for hydroxylation is 1. The van der Waals surface area contributed by atoms with Gasteiger partial charge in [-0.1, -0.05) is 101 Å².